The Hall–Kier alpha value is -0.640. The molecule has 1 aliphatic carbocycles. The molecule has 19 heavy (non-hydrogen) atoms. The average molecular weight is 293 g/mol. The molecule has 4 rings (SSSR count). The predicted molar refractivity (Wildman–Crippen MR) is 80.9 cm³/mol. The van der Waals surface area contributed by atoms with Crippen molar-refractivity contribution in [2.24, 2.45) is 5.92 Å². The summed E-state index contributed by atoms with van der Waals surface area (Å²) in [5, 5.41) is 5.84. The van der Waals surface area contributed by atoms with E-state index in [0.717, 1.165) is 27.2 Å². The molecule has 2 fully saturated rings. The van der Waals surface area contributed by atoms with Gasteiger partial charge in [0, 0.05) is 6.04 Å². The first-order valence-electron chi connectivity index (χ1n) is 7.12. The Morgan fingerprint density at radius 2 is 2.16 bits per heavy atom. The summed E-state index contributed by atoms with van der Waals surface area (Å²) < 4.78 is 1.14. The number of thiazole rings is 1. The normalized spacial score (nSPS) is 30.7. The molecule has 0 spiro atoms. The molecule has 0 bridgehead atoms. The Kier molecular flexibility index (Phi) is 3.02. The molecule has 100 valence electrons. The van der Waals surface area contributed by atoms with Gasteiger partial charge in [-0.05, 0) is 37.3 Å². The van der Waals surface area contributed by atoms with Gasteiger partial charge in [-0.2, -0.15) is 0 Å². The molecule has 1 saturated carbocycles. The minimum absolute atomic E-state index is 0.446. The molecule has 3 unspecified atom stereocenters. The molecule has 2 aliphatic rings. The number of hydrogen-bond donors (Lipinski definition) is 1. The van der Waals surface area contributed by atoms with E-state index in [1.807, 2.05) is 12.1 Å². The lowest BCUT2D eigenvalue weighted by atomic mass is 9.85. The van der Waals surface area contributed by atoms with Crippen molar-refractivity contribution in [2.45, 2.75) is 44.2 Å². The SMILES string of the molecule is Clc1cccc2nc(C3CC4CCCCC4N3)sc12. The second kappa shape index (κ2) is 4.72. The summed E-state index contributed by atoms with van der Waals surface area (Å²) in [6.45, 7) is 0. The summed E-state index contributed by atoms with van der Waals surface area (Å²) in [7, 11) is 0. The molecule has 0 radical (unpaired) electrons. The molecule has 2 aromatic rings. The van der Waals surface area contributed by atoms with Gasteiger partial charge >= 0.3 is 0 Å². The predicted octanol–water partition coefficient (Wildman–Crippen LogP) is 4.54. The van der Waals surface area contributed by atoms with E-state index < -0.39 is 0 Å². The standard InChI is InChI=1S/C15H17ClN2S/c16-10-5-3-7-12-14(10)19-15(18-12)13-8-9-4-1-2-6-11(9)17-13/h3,5,7,9,11,13,17H,1-2,4,6,8H2. The maximum atomic E-state index is 6.25. The first-order valence-corrected chi connectivity index (χ1v) is 8.32. The third-order valence-electron chi connectivity index (χ3n) is 4.54. The number of benzene rings is 1. The lowest BCUT2D eigenvalue weighted by Crippen LogP contribution is -2.30. The van der Waals surface area contributed by atoms with Crippen molar-refractivity contribution < 1.29 is 0 Å². The fourth-order valence-corrected chi connectivity index (χ4v) is 4.92. The summed E-state index contributed by atoms with van der Waals surface area (Å²) in [6.07, 6.45) is 6.77. The average Bonchev–Trinajstić information content (AvgIpc) is 3.02. The van der Waals surface area contributed by atoms with Crippen LogP contribution < -0.4 is 5.32 Å². The molecule has 1 aromatic heterocycles. The van der Waals surface area contributed by atoms with Crippen molar-refractivity contribution in [1.82, 2.24) is 10.3 Å². The highest BCUT2D eigenvalue weighted by Crippen LogP contribution is 2.41. The summed E-state index contributed by atoms with van der Waals surface area (Å²) in [5.41, 5.74) is 1.05. The molecule has 0 amide bonds. The Bertz CT molecular complexity index is 595. The molecule has 2 heterocycles. The van der Waals surface area contributed by atoms with E-state index in [9.17, 15) is 0 Å². The van der Waals surface area contributed by atoms with Crippen molar-refractivity contribution in [3.05, 3.63) is 28.2 Å². The van der Waals surface area contributed by atoms with Crippen molar-refractivity contribution in [1.29, 1.82) is 0 Å². The Morgan fingerprint density at radius 3 is 3.00 bits per heavy atom. The quantitative estimate of drug-likeness (QED) is 0.834. The second-order valence-electron chi connectivity index (χ2n) is 5.75. The van der Waals surface area contributed by atoms with Crippen molar-refractivity contribution >= 4 is 33.2 Å². The van der Waals surface area contributed by atoms with E-state index in [-0.39, 0.29) is 0 Å². The van der Waals surface area contributed by atoms with Gasteiger partial charge in [0.15, 0.2) is 0 Å². The zero-order chi connectivity index (χ0) is 12.8. The van der Waals surface area contributed by atoms with E-state index in [0.29, 0.717) is 6.04 Å². The highest BCUT2D eigenvalue weighted by atomic mass is 35.5. The van der Waals surface area contributed by atoms with Gasteiger partial charge in [0.05, 0.1) is 21.3 Å². The number of fused-ring (bicyclic) bond motifs is 2. The minimum Gasteiger partial charge on any atom is -0.305 e. The molecule has 3 atom stereocenters. The van der Waals surface area contributed by atoms with Crippen LogP contribution in [0.15, 0.2) is 18.2 Å². The van der Waals surface area contributed by atoms with Crippen LogP contribution >= 0.6 is 22.9 Å². The van der Waals surface area contributed by atoms with E-state index in [1.54, 1.807) is 11.3 Å². The molecular weight excluding hydrogens is 276 g/mol. The van der Waals surface area contributed by atoms with Crippen LogP contribution in [0.3, 0.4) is 0 Å². The molecule has 1 N–H and O–H groups in total. The van der Waals surface area contributed by atoms with E-state index in [4.69, 9.17) is 16.6 Å². The van der Waals surface area contributed by atoms with Gasteiger partial charge in [-0.3, -0.25) is 0 Å². The van der Waals surface area contributed by atoms with Crippen LogP contribution in [0.2, 0.25) is 5.02 Å². The molecule has 1 aliphatic heterocycles. The number of halogens is 1. The fourth-order valence-electron chi connectivity index (χ4n) is 3.59. The van der Waals surface area contributed by atoms with E-state index in [2.05, 4.69) is 11.4 Å². The number of nitrogens with one attached hydrogen (secondary N) is 1. The second-order valence-corrected chi connectivity index (χ2v) is 7.18. The van der Waals surface area contributed by atoms with Crippen LogP contribution in [0.25, 0.3) is 10.2 Å². The number of rotatable bonds is 1. The van der Waals surface area contributed by atoms with Crippen LogP contribution in [-0.4, -0.2) is 11.0 Å². The van der Waals surface area contributed by atoms with Crippen molar-refractivity contribution in [3.8, 4) is 0 Å². The molecule has 2 nitrogen and oxygen atoms in total. The van der Waals surface area contributed by atoms with Gasteiger partial charge in [0.1, 0.15) is 5.01 Å². The third kappa shape index (κ3) is 2.08. The van der Waals surface area contributed by atoms with Gasteiger partial charge in [-0.15, -0.1) is 11.3 Å². The first-order chi connectivity index (χ1) is 9.31. The Morgan fingerprint density at radius 1 is 1.26 bits per heavy atom. The summed E-state index contributed by atoms with van der Waals surface area (Å²) >= 11 is 8.01. The zero-order valence-corrected chi connectivity index (χ0v) is 12.3. The van der Waals surface area contributed by atoms with Crippen LogP contribution in [0.5, 0.6) is 0 Å². The Labute approximate surface area is 122 Å². The Balaban J connectivity index is 1.66. The van der Waals surface area contributed by atoms with Crippen LogP contribution in [0, 0.1) is 5.92 Å². The highest BCUT2D eigenvalue weighted by molar-refractivity contribution is 7.19. The van der Waals surface area contributed by atoms with Gasteiger partial charge < -0.3 is 5.32 Å². The summed E-state index contributed by atoms with van der Waals surface area (Å²) in [4.78, 5) is 4.79. The van der Waals surface area contributed by atoms with Gasteiger partial charge in [0.25, 0.3) is 0 Å². The number of nitrogens with zero attached hydrogens (tertiary/aromatic N) is 1. The largest absolute Gasteiger partial charge is 0.305 e. The zero-order valence-electron chi connectivity index (χ0n) is 10.7. The molecule has 1 aromatic carbocycles. The summed E-state index contributed by atoms with van der Waals surface area (Å²) in [6, 6.07) is 7.16. The first kappa shape index (κ1) is 12.1. The maximum Gasteiger partial charge on any atom is 0.111 e. The van der Waals surface area contributed by atoms with Gasteiger partial charge in [0.2, 0.25) is 0 Å². The van der Waals surface area contributed by atoms with Gasteiger partial charge in [-0.1, -0.05) is 30.5 Å². The van der Waals surface area contributed by atoms with Crippen LogP contribution in [0.4, 0.5) is 0 Å². The minimum atomic E-state index is 0.446. The smallest absolute Gasteiger partial charge is 0.111 e. The van der Waals surface area contributed by atoms with Crippen molar-refractivity contribution in [2.75, 3.05) is 0 Å². The topological polar surface area (TPSA) is 24.9 Å². The van der Waals surface area contributed by atoms with E-state index >= 15 is 0 Å². The lowest BCUT2D eigenvalue weighted by molar-refractivity contribution is 0.325. The van der Waals surface area contributed by atoms with Crippen LogP contribution in [-0.2, 0) is 0 Å². The third-order valence-corrected chi connectivity index (χ3v) is 6.19. The van der Waals surface area contributed by atoms with E-state index in [1.165, 1.54) is 37.1 Å². The highest BCUT2D eigenvalue weighted by Gasteiger charge is 2.36. The maximum absolute atomic E-state index is 6.25. The number of aromatic nitrogens is 1. The fraction of sp³-hybridized carbons (Fsp3) is 0.533. The summed E-state index contributed by atoms with van der Waals surface area (Å²) in [5.74, 6) is 0.862. The molecular formula is C15H17ClN2S. The lowest BCUT2D eigenvalue weighted by Gasteiger charge is -2.24. The van der Waals surface area contributed by atoms with Gasteiger partial charge in [-0.25, -0.2) is 4.98 Å². The monoisotopic (exact) mass is 292 g/mol. The molecule has 1 saturated heterocycles. The number of hydrogen-bond acceptors (Lipinski definition) is 3. The molecule has 4 heteroatoms. The van der Waals surface area contributed by atoms with Crippen molar-refractivity contribution in [3.63, 3.8) is 0 Å². The van der Waals surface area contributed by atoms with Crippen LogP contribution in [0.1, 0.15) is 43.2 Å².